The van der Waals surface area contributed by atoms with E-state index >= 15 is 0 Å². The van der Waals surface area contributed by atoms with Crippen LogP contribution in [-0.4, -0.2) is 50.1 Å². The maximum atomic E-state index is 2.62. The van der Waals surface area contributed by atoms with Gasteiger partial charge in [-0.2, -0.15) is 0 Å². The summed E-state index contributed by atoms with van der Waals surface area (Å²) in [7, 11) is 4.35. The van der Waals surface area contributed by atoms with Crippen molar-refractivity contribution in [3.63, 3.8) is 0 Å². The first kappa shape index (κ1) is 12.0. The van der Waals surface area contributed by atoms with Gasteiger partial charge in [-0.25, -0.2) is 0 Å². The Labute approximate surface area is 89.3 Å². The van der Waals surface area contributed by atoms with Gasteiger partial charge in [0.15, 0.2) is 0 Å². The summed E-state index contributed by atoms with van der Waals surface area (Å²) in [5.74, 6) is 0.896. The molecule has 1 rings (SSSR count). The molecule has 2 heteroatoms. The molecule has 1 aliphatic heterocycles. The molecular formula is C12H26N2. The van der Waals surface area contributed by atoms with Gasteiger partial charge in [0, 0.05) is 19.6 Å². The first-order chi connectivity index (χ1) is 6.37. The van der Waals surface area contributed by atoms with Crippen molar-refractivity contribution in [2.24, 2.45) is 11.3 Å². The third kappa shape index (κ3) is 4.43. The summed E-state index contributed by atoms with van der Waals surface area (Å²) < 4.78 is 0. The Hall–Kier alpha value is -0.0800. The van der Waals surface area contributed by atoms with Crippen LogP contribution in [0.4, 0.5) is 0 Å². The van der Waals surface area contributed by atoms with Gasteiger partial charge in [0.2, 0.25) is 0 Å². The van der Waals surface area contributed by atoms with Gasteiger partial charge in [-0.3, -0.25) is 0 Å². The predicted octanol–water partition coefficient (Wildman–Crippen LogP) is 1.92. The van der Waals surface area contributed by atoms with Crippen LogP contribution in [-0.2, 0) is 0 Å². The molecule has 84 valence electrons. The van der Waals surface area contributed by atoms with E-state index in [1.807, 2.05) is 0 Å². The van der Waals surface area contributed by atoms with Crippen LogP contribution in [0.5, 0.6) is 0 Å². The van der Waals surface area contributed by atoms with Gasteiger partial charge in [-0.15, -0.1) is 0 Å². The fourth-order valence-electron chi connectivity index (χ4n) is 2.39. The lowest BCUT2D eigenvalue weighted by Crippen LogP contribution is -2.32. The molecule has 0 N–H and O–H groups in total. The van der Waals surface area contributed by atoms with Crippen LogP contribution in [0.25, 0.3) is 0 Å². The zero-order valence-electron chi connectivity index (χ0n) is 10.5. The quantitative estimate of drug-likeness (QED) is 0.683. The zero-order chi connectivity index (χ0) is 10.8. The van der Waals surface area contributed by atoms with Crippen LogP contribution in [0.2, 0.25) is 0 Å². The topological polar surface area (TPSA) is 6.48 Å². The van der Waals surface area contributed by atoms with Gasteiger partial charge in [-0.1, -0.05) is 20.8 Å². The lowest BCUT2D eigenvalue weighted by atomic mass is 9.96. The fourth-order valence-corrected chi connectivity index (χ4v) is 2.39. The number of hydrogen-bond donors (Lipinski definition) is 0. The number of nitrogens with zero attached hydrogens (tertiary/aromatic N) is 2. The van der Waals surface area contributed by atoms with Crippen LogP contribution in [0, 0.1) is 11.3 Å². The molecule has 0 aromatic rings. The smallest absolute Gasteiger partial charge is 0.00302 e. The fraction of sp³-hybridized carbons (Fsp3) is 1.00. The molecule has 2 nitrogen and oxygen atoms in total. The Balaban J connectivity index is 2.27. The summed E-state index contributed by atoms with van der Waals surface area (Å²) in [4.78, 5) is 4.93. The van der Waals surface area contributed by atoms with Gasteiger partial charge < -0.3 is 9.80 Å². The van der Waals surface area contributed by atoms with E-state index in [9.17, 15) is 0 Å². The molecule has 1 aliphatic rings. The molecule has 14 heavy (non-hydrogen) atoms. The third-order valence-electron chi connectivity index (χ3n) is 2.69. The molecular weight excluding hydrogens is 172 g/mol. The Bertz CT molecular complexity index is 170. The van der Waals surface area contributed by atoms with Gasteiger partial charge >= 0.3 is 0 Å². The van der Waals surface area contributed by atoms with E-state index in [0.717, 1.165) is 5.92 Å². The van der Waals surface area contributed by atoms with Crippen molar-refractivity contribution in [1.29, 1.82) is 0 Å². The molecule has 1 heterocycles. The first-order valence-corrected chi connectivity index (χ1v) is 5.74. The van der Waals surface area contributed by atoms with Crippen molar-refractivity contribution in [2.75, 3.05) is 40.3 Å². The van der Waals surface area contributed by atoms with Gasteiger partial charge in [-0.05, 0) is 38.4 Å². The van der Waals surface area contributed by atoms with Gasteiger partial charge in [0.25, 0.3) is 0 Å². The second kappa shape index (κ2) is 4.63. The maximum Gasteiger partial charge on any atom is 0.00302 e. The van der Waals surface area contributed by atoms with Gasteiger partial charge in [0.1, 0.15) is 0 Å². The number of likely N-dealkylation sites (tertiary alicyclic amines) is 1. The molecule has 1 unspecified atom stereocenters. The van der Waals surface area contributed by atoms with Crippen LogP contribution in [0.15, 0.2) is 0 Å². The van der Waals surface area contributed by atoms with Crippen molar-refractivity contribution < 1.29 is 0 Å². The van der Waals surface area contributed by atoms with Crippen LogP contribution >= 0.6 is 0 Å². The second-order valence-electron chi connectivity index (χ2n) is 6.21. The van der Waals surface area contributed by atoms with E-state index in [1.54, 1.807) is 0 Å². The van der Waals surface area contributed by atoms with Crippen molar-refractivity contribution in [3.8, 4) is 0 Å². The summed E-state index contributed by atoms with van der Waals surface area (Å²) in [5, 5.41) is 0. The number of hydrogen-bond acceptors (Lipinski definition) is 2. The van der Waals surface area contributed by atoms with E-state index in [1.165, 1.54) is 32.6 Å². The van der Waals surface area contributed by atoms with Crippen LogP contribution in [0.3, 0.4) is 0 Å². The van der Waals surface area contributed by atoms with Gasteiger partial charge in [0.05, 0.1) is 0 Å². The SMILES string of the molecule is CN(C)CC1CCN(CC(C)(C)C)C1. The minimum Gasteiger partial charge on any atom is -0.309 e. The first-order valence-electron chi connectivity index (χ1n) is 5.74. The highest BCUT2D eigenvalue weighted by Gasteiger charge is 2.25. The molecule has 0 spiro atoms. The minimum absolute atomic E-state index is 0.451. The molecule has 0 bridgehead atoms. The minimum atomic E-state index is 0.451. The Kier molecular flexibility index (Phi) is 3.96. The standard InChI is InChI=1S/C12H26N2/c1-12(2,3)10-14-7-6-11(9-14)8-13(4)5/h11H,6-10H2,1-5H3. The van der Waals surface area contributed by atoms with E-state index in [4.69, 9.17) is 0 Å². The van der Waals surface area contributed by atoms with Crippen LogP contribution < -0.4 is 0 Å². The second-order valence-corrected chi connectivity index (χ2v) is 6.21. The molecule has 0 aliphatic carbocycles. The molecule has 1 saturated heterocycles. The lowest BCUT2D eigenvalue weighted by Gasteiger charge is -2.26. The van der Waals surface area contributed by atoms with Crippen molar-refractivity contribution >= 4 is 0 Å². The van der Waals surface area contributed by atoms with Crippen molar-refractivity contribution in [1.82, 2.24) is 9.80 Å². The summed E-state index contributed by atoms with van der Waals surface area (Å²) in [6.45, 7) is 12.1. The third-order valence-corrected chi connectivity index (χ3v) is 2.69. The highest BCUT2D eigenvalue weighted by molar-refractivity contribution is 4.80. The summed E-state index contributed by atoms with van der Waals surface area (Å²) in [5.41, 5.74) is 0.451. The highest BCUT2D eigenvalue weighted by Crippen LogP contribution is 2.22. The molecule has 0 aromatic heterocycles. The van der Waals surface area contributed by atoms with E-state index in [2.05, 4.69) is 44.7 Å². The lowest BCUT2D eigenvalue weighted by molar-refractivity contribution is 0.215. The molecule has 0 saturated carbocycles. The summed E-state index contributed by atoms with van der Waals surface area (Å²) in [6, 6.07) is 0. The summed E-state index contributed by atoms with van der Waals surface area (Å²) in [6.07, 6.45) is 1.38. The van der Waals surface area contributed by atoms with Crippen LogP contribution in [0.1, 0.15) is 27.2 Å². The Morgan fingerprint density at radius 3 is 2.43 bits per heavy atom. The summed E-state index contributed by atoms with van der Waals surface area (Å²) >= 11 is 0. The Morgan fingerprint density at radius 1 is 1.29 bits per heavy atom. The maximum absolute atomic E-state index is 2.62. The van der Waals surface area contributed by atoms with Crippen molar-refractivity contribution in [3.05, 3.63) is 0 Å². The molecule has 0 amide bonds. The zero-order valence-corrected chi connectivity index (χ0v) is 10.5. The van der Waals surface area contributed by atoms with E-state index in [0.29, 0.717) is 5.41 Å². The number of rotatable bonds is 3. The van der Waals surface area contributed by atoms with E-state index < -0.39 is 0 Å². The molecule has 0 radical (unpaired) electrons. The normalized spacial score (nSPS) is 24.9. The average Bonchev–Trinajstić information content (AvgIpc) is 2.30. The van der Waals surface area contributed by atoms with E-state index in [-0.39, 0.29) is 0 Å². The predicted molar refractivity (Wildman–Crippen MR) is 62.6 cm³/mol. The van der Waals surface area contributed by atoms with Crippen molar-refractivity contribution in [2.45, 2.75) is 27.2 Å². The highest BCUT2D eigenvalue weighted by atomic mass is 15.2. The molecule has 1 fully saturated rings. The molecule has 0 aromatic carbocycles. The Morgan fingerprint density at radius 2 is 1.93 bits per heavy atom. The largest absolute Gasteiger partial charge is 0.309 e. The average molecular weight is 198 g/mol. The molecule has 1 atom stereocenters. The monoisotopic (exact) mass is 198 g/mol.